The van der Waals surface area contributed by atoms with Crippen LogP contribution in [0.1, 0.15) is 23.5 Å². The Labute approximate surface area is 193 Å². The standard InChI is InChI=1S/C26H29N3O4/c30-18-28-22-10-6-20(7-11-22)26(21-8-12-23(13-9-21)29-19-31)14-15-27-16-24(32)17-33-25-4-2-1-3-5-25/h1-13,18-19,24,26-27,32H,14-17H2,(H,28,30)(H,29,31). The van der Waals surface area contributed by atoms with Crippen molar-refractivity contribution in [1.29, 1.82) is 0 Å². The molecule has 0 aromatic heterocycles. The first-order valence-electron chi connectivity index (χ1n) is 10.9. The van der Waals surface area contributed by atoms with Crippen LogP contribution in [0.5, 0.6) is 5.75 Å². The van der Waals surface area contributed by atoms with Gasteiger partial charge in [-0.05, 0) is 60.5 Å². The van der Waals surface area contributed by atoms with E-state index >= 15 is 0 Å². The van der Waals surface area contributed by atoms with Gasteiger partial charge in [-0.25, -0.2) is 0 Å². The molecule has 0 radical (unpaired) electrons. The minimum Gasteiger partial charge on any atom is -0.491 e. The lowest BCUT2D eigenvalue weighted by molar-refractivity contribution is -0.106. The number of aliphatic hydroxyl groups excluding tert-OH is 1. The number of para-hydroxylation sites is 1. The van der Waals surface area contributed by atoms with Crippen molar-refractivity contribution in [1.82, 2.24) is 5.32 Å². The summed E-state index contributed by atoms with van der Waals surface area (Å²) in [5.74, 6) is 0.836. The summed E-state index contributed by atoms with van der Waals surface area (Å²) in [5.41, 5.74) is 3.69. The van der Waals surface area contributed by atoms with E-state index in [1.807, 2.05) is 78.9 Å². The Kier molecular flexibility index (Phi) is 9.45. The Morgan fingerprint density at radius 1 is 0.788 bits per heavy atom. The molecule has 0 saturated carbocycles. The van der Waals surface area contributed by atoms with Crippen LogP contribution in [-0.2, 0) is 9.59 Å². The van der Waals surface area contributed by atoms with Crippen molar-refractivity contribution in [3.05, 3.63) is 90.0 Å². The molecule has 3 rings (SSSR count). The third kappa shape index (κ3) is 7.75. The Hall–Kier alpha value is -3.68. The monoisotopic (exact) mass is 447 g/mol. The molecule has 3 aromatic carbocycles. The smallest absolute Gasteiger partial charge is 0.211 e. The van der Waals surface area contributed by atoms with Gasteiger partial charge in [-0.2, -0.15) is 0 Å². The Bertz CT molecular complexity index is 925. The first-order chi connectivity index (χ1) is 16.2. The molecule has 0 bridgehead atoms. The second-order valence-corrected chi connectivity index (χ2v) is 7.59. The lowest BCUT2D eigenvalue weighted by Crippen LogP contribution is -2.32. The lowest BCUT2D eigenvalue weighted by atomic mass is 9.88. The summed E-state index contributed by atoms with van der Waals surface area (Å²) in [6.45, 7) is 1.33. The molecule has 0 aliphatic heterocycles. The number of benzene rings is 3. The predicted molar refractivity (Wildman–Crippen MR) is 130 cm³/mol. The molecular weight excluding hydrogens is 418 g/mol. The molecule has 0 spiro atoms. The van der Waals surface area contributed by atoms with E-state index in [-0.39, 0.29) is 12.5 Å². The van der Waals surface area contributed by atoms with Gasteiger partial charge in [0.2, 0.25) is 12.8 Å². The highest BCUT2D eigenvalue weighted by Crippen LogP contribution is 2.29. The molecule has 7 nitrogen and oxygen atoms in total. The Morgan fingerprint density at radius 2 is 1.33 bits per heavy atom. The number of anilines is 2. The van der Waals surface area contributed by atoms with Gasteiger partial charge in [-0.1, -0.05) is 42.5 Å². The van der Waals surface area contributed by atoms with Gasteiger partial charge >= 0.3 is 0 Å². The molecule has 0 saturated heterocycles. The van der Waals surface area contributed by atoms with Gasteiger partial charge < -0.3 is 25.8 Å². The topological polar surface area (TPSA) is 99.7 Å². The van der Waals surface area contributed by atoms with Crippen LogP contribution < -0.4 is 20.7 Å². The average Bonchev–Trinajstić information content (AvgIpc) is 2.85. The number of amides is 2. The van der Waals surface area contributed by atoms with Crippen molar-refractivity contribution in [3.63, 3.8) is 0 Å². The van der Waals surface area contributed by atoms with E-state index < -0.39 is 6.10 Å². The maximum Gasteiger partial charge on any atom is 0.211 e. The van der Waals surface area contributed by atoms with Crippen molar-refractivity contribution < 1.29 is 19.4 Å². The van der Waals surface area contributed by atoms with Crippen LogP contribution in [0.4, 0.5) is 11.4 Å². The van der Waals surface area contributed by atoms with E-state index in [0.29, 0.717) is 25.9 Å². The third-order valence-corrected chi connectivity index (χ3v) is 5.25. The molecule has 1 atom stereocenters. The van der Waals surface area contributed by atoms with Crippen LogP contribution in [0.2, 0.25) is 0 Å². The summed E-state index contributed by atoms with van der Waals surface area (Å²) in [6.07, 6.45) is 1.49. The van der Waals surface area contributed by atoms with Crippen molar-refractivity contribution in [3.8, 4) is 5.75 Å². The first kappa shape index (κ1) is 24.0. The summed E-state index contributed by atoms with van der Waals surface area (Å²) in [7, 11) is 0. The normalized spacial score (nSPS) is 11.6. The fourth-order valence-electron chi connectivity index (χ4n) is 3.57. The van der Waals surface area contributed by atoms with Gasteiger partial charge in [0.05, 0.1) is 0 Å². The fourth-order valence-corrected chi connectivity index (χ4v) is 3.57. The van der Waals surface area contributed by atoms with Crippen LogP contribution >= 0.6 is 0 Å². The minimum atomic E-state index is -0.619. The van der Waals surface area contributed by atoms with Crippen LogP contribution in [-0.4, -0.2) is 43.7 Å². The highest BCUT2D eigenvalue weighted by atomic mass is 16.5. The van der Waals surface area contributed by atoms with Crippen LogP contribution in [0.25, 0.3) is 0 Å². The van der Waals surface area contributed by atoms with E-state index in [0.717, 1.165) is 34.7 Å². The molecule has 7 heteroatoms. The number of rotatable bonds is 14. The number of ether oxygens (including phenoxy) is 1. The van der Waals surface area contributed by atoms with Crippen LogP contribution in [0.3, 0.4) is 0 Å². The van der Waals surface area contributed by atoms with E-state index in [1.165, 1.54) is 0 Å². The predicted octanol–water partition coefficient (Wildman–Crippen LogP) is 3.37. The maximum atomic E-state index is 10.7. The van der Waals surface area contributed by atoms with Gasteiger partial charge in [-0.3, -0.25) is 9.59 Å². The molecule has 0 aliphatic carbocycles. The SMILES string of the molecule is O=CNc1ccc(C(CCNCC(O)COc2ccccc2)c2ccc(NC=O)cc2)cc1. The Morgan fingerprint density at radius 3 is 1.85 bits per heavy atom. The van der Waals surface area contributed by atoms with Gasteiger partial charge in [0.25, 0.3) is 0 Å². The lowest BCUT2D eigenvalue weighted by Gasteiger charge is -2.20. The van der Waals surface area contributed by atoms with Gasteiger partial charge in [-0.15, -0.1) is 0 Å². The van der Waals surface area contributed by atoms with Gasteiger partial charge in [0.15, 0.2) is 0 Å². The highest BCUT2D eigenvalue weighted by molar-refractivity contribution is 5.72. The Balaban J connectivity index is 1.58. The van der Waals surface area contributed by atoms with Crippen LogP contribution in [0.15, 0.2) is 78.9 Å². The summed E-state index contributed by atoms with van der Waals surface area (Å²) in [6, 6.07) is 24.9. The summed E-state index contributed by atoms with van der Waals surface area (Å²) in [4.78, 5) is 21.4. The quantitative estimate of drug-likeness (QED) is 0.224. The number of hydrogen-bond acceptors (Lipinski definition) is 5. The second-order valence-electron chi connectivity index (χ2n) is 7.59. The molecule has 2 amide bonds. The second kappa shape index (κ2) is 13.0. The molecule has 0 aliphatic rings. The number of carbonyl (C=O) groups excluding carboxylic acids is 2. The minimum absolute atomic E-state index is 0.103. The maximum absolute atomic E-state index is 10.7. The zero-order chi connectivity index (χ0) is 23.3. The average molecular weight is 448 g/mol. The summed E-state index contributed by atoms with van der Waals surface area (Å²) < 4.78 is 5.60. The molecule has 172 valence electrons. The van der Waals surface area contributed by atoms with Crippen LogP contribution in [0, 0.1) is 0 Å². The first-order valence-corrected chi connectivity index (χ1v) is 10.9. The zero-order valence-electron chi connectivity index (χ0n) is 18.3. The molecular formula is C26H29N3O4. The molecule has 4 N–H and O–H groups in total. The summed E-state index contributed by atoms with van der Waals surface area (Å²) >= 11 is 0. The van der Waals surface area contributed by atoms with E-state index in [4.69, 9.17) is 4.74 Å². The molecule has 1 unspecified atom stereocenters. The van der Waals surface area contributed by atoms with E-state index in [1.54, 1.807) is 0 Å². The van der Waals surface area contributed by atoms with E-state index in [2.05, 4.69) is 16.0 Å². The number of hydrogen-bond donors (Lipinski definition) is 4. The van der Waals surface area contributed by atoms with Gasteiger partial charge in [0.1, 0.15) is 18.5 Å². The van der Waals surface area contributed by atoms with Crippen molar-refractivity contribution in [2.45, 2.75) is 18.4 Å². The largest absolute Gasteiger partial charge is 0.491 e. The third-order valence-electron chi connectivity index (χ3n) is 5.25. The number of aliphatic hydroxyl groups is 1. The van der Waals surface area contributed by atoms with Gasteiger partial charge in [0, 0.05) is 23.8 Å². The van der Waals surface area contributed by atoms with Crippen molar-refractivity contribution >= 4 is 24.2 Å². The molecule has 0 heterocycles. The molecule has 33 heavy (non-hydrogen) atoms. The number of nitrogens with one attached hydrogen (secondary N) is 3. The fraction of sp³-hybridized carbons (Fsp3) is 0.231. The highest BCUT2D eigenvalue weighted by Gasteiger charge is 2.15. The summed E-state index contributed by atoms with van der Waals surface area (Å²) in [5, 5.41) is 18.8. The van der Waals surface area contributed by atoms with E-state index in [9.17, 15) is 14.7 Å². The van der Waals surface area contributed by atoms with Crippen molar-refractivity contribution in [2.24, 2.45) is 0 Å². The number of carbonyl (C=O) groups is 2. The zero-order valence-corrected chi connectivity index (χ0v) is 18.3. The molecule has 3 aromatic rings. The molecule has 0 fully saturated rings. The van der Waals surface area contributed by atoms with Crippen molar-refractivity contribution in [2.75, 3.05) is 30.3 Å².